The third-order valence-electron chi connectivity index (χ3n) is 4.71. The Kier molecular flexibility index (Phi) is 6.52. The molecular weight excluding hydrogens is 369 g/mol. The first-order valence-electron chi connectivity index (χ1n) is 8.86. The van der Waals surface area contributed by atoms with Crippen LogP contribution in [-0.4, -0.2) is 46.9 Å². The van der Waals surface area contributed by atoms with E-state index in [1.165, 1.54) is 5.56 Å². The van der Waals surface area contributed by atoms with E-state index in [0.717, 1.165) is 43.7 Å². The van der Waals surface area contributed by atoms with Crippen LogP contribution in [0.2, 0.25) is 10.0 Å². The third-order valence-corrected chi connectivity index (χ3v) is 5.36. The van der Waals surface area contributed by atoms with E-state index in [1.54, 1.807) is 12.4 Å². The number of nitrogens with zero attached hydrogens (tertiary/aromatic N) is 3. The van der Waals surface area contributed by atoms with Gasteiger partial charge in [0.1, 0.15) is 0 Å². The Morgan fingerprint density at radius 3 is 2.62 bits per heavy atom. The van der Waals surface area contributed by atoms with E-state index in [1.807, 2.05) is 30.0 Å². The summed E-state index contributed by atoms with van der Waals surface area (Å²) >= 11 is 12.5. The van der Waals surface area contributed by atoms with Gasteiger partial charge in [-0.2, -0.15) is 0 Å². The van der Waals surface area contributed by atoms with Crippen LogP contribution in [-0.2, 0) is 17.8 Å². The van der Waals surface area contributed by atoms with Crippen molar-refractivity contribution in [3.63, 3.8) is 0 Å². The van der Waals surface area contributed by atoms with Crippen molar-refractivity contribution in [2.75, 3.05) is 26.2 Å². The second-order valence-corrected chi connectivity index (χ2v) is 7.57. The fourth-order valence-corrected chi connectivity index (χ4v) is 3.78. The number of carbonyl (C=O) groups excluding carboxylic acids is 1. The van der Waals surface area contributed by atoms with Crippen LogP contribution in [0.3, 0.4) is 0 Å². The largest absolute Gasteiger partial charge is 0.341 e. The molecule has 4 nitrogen and oxygen atoms in total. The Bertz CT molecular complexity index is 761. The lowest BCUT2D eigenvalue weighted by Gasteiger charge is -2.23. The van der Waals surface area contributed by atoms with Crippen molar-refractivity contribution in [2.24, 2.45) is 0 Å². The highest BCUT2D eigenvalue weighted by molar-refractivity contribution is 6.35. The molecule has 1 amide bonds. The summed E-state index contributed by atoms with van der Waals surface area (Å²) in [5.74, 6) is 0.192. The van der Waals surface area contributed by atoms with Crippen LogP contribution in [0.15, 0.2) is 36.7 Å². The fraction of sp³-hybridized carbons (Fsp3) is 0.400. The Hall–Kier alpha value is -1.62. The monoisotopic (exact) mass is 391 g/mol. The van der Waals surface area contributed by atoms with Gasteiger partial charge in [0.2, 0.25) is 5.91 Å². The summed E-state index contributed by atoms with van der Waals surface area (Å²) in [5, 5.41) is 1.18. The lowest BCUT2D eigenvalue weighted by atomic mass is 10.1. The molecule has 0 atom stereocenters. The topological polar surface area (TPSA) is 36.4 Å². The molecule has 1 aliphatic heterocycles. The highest BCUT2D eigenvalue weighted by atomic mass is 35.5. The number of hydrogen-bond donors (Lipinski definition) is 0. The van der Waals surface area contributed by atoms with Crippen LogP contribution in [0.1, 0.15) is 23.1 Å². The Morgan fingerprint density at radius 2 is 1.88 bits per heavy atom. The van der Waals surface area contributed by atoms with Gasteiger partial charge in [-0.05, 0) is 18.9 Å². The van der Waals surface area contributed by atoms with Crippen molar-refractivity contribution in [3.05, 3.63) is 63.4 Å². The zero-order valence-corrected chi connectivity index (χ0v) is 16.4. The van der Waals surface area contributed by atoms with Gasteiger partial charge < -0.3 is 4.90 Å². The number of rotatable bonds is 4. The molecule has 2 aromatic rings. The molecule has 0 saturated carbocycles. The number of amides is 1. The van der Waals surface area contributed by atoms with E-state index in [2.05, 4.69) is 16.0 Å². The minimum atomic E-state index is 0.192. The molecule has 0 spiro atoms. The van der Waals surface area contributed by atoms with Gasteiger partial charge >= 0.3 is 0 Å². The van der Waals surface area contributed by atoms with Crippen molar-refractivity contribution in [1.29, 1.82) is 0 Å². The van der Waals surface area contributed by atoms with Crippen LogP contribution in [0, 0.1) is 6.92 Å². The molecule has 2 heterocycles. The average molecular weight is 392 g/mol. The molecule has 1 aliphatic rings. The quantitative estimate of drug-likeness (QED) is 0.790. The maximum atomic E-state index is 12.7. The van der Waals surface area contributed by atoms with Crippen molar-refractivity contribution in [3.8, 4) is 0 Å². The molecule has 1 aromatic heterocycles. The van der Waals surface area contributed by atoms with Crippen molar-refractivity contribution in [1.82, 2.24) is 14.8 Å². The second-order valence-electron chi connectivity index (χ2n) is 6.76. The van der Waals surface area contributed by atoms with Crippen LogP contribution in [0.4, 0.5) is 0 Å². The first-order valence-corrected chi connectivity index (χ1v) is 9.62. The van der Waals surface area contributed by atoms with Crippen molar-refractivity contribution < 1.29 is 4.79 Å². The summed E-state index contributed by atoms with van der Waals surface area (Å²) in [4.78, 5) is 20.9. The zero-order valence-electron chi connectivity index (χ0n) is 14.9. The molecule has 1 fully saturated rings. The first kappa shape index (κ1) is 19.2. The van der Waals surface area contributed by atoms with Gasteiger partial charge in [0.25, 0.3) is 0 Å². The molecule has 138 valence electrons. The highest BCUT2D eigenvalue weighted by Crippen LogP contribution is 2.25. The lowest BCUT2D eigenvalue weighted by Crippen LogP contribution is -2.36. The van der Waals surface area contributed by atoms with Gasteiger partial charge in [-0.15, -0.1) is 0 Å². The minimum absolute atomic E-state index is 0.192. The standard InChI is InChI=1S/C20H23Cl2N3O/c1-15-4-2-5-16(10-15)11-20(26)25-7-3-6-24(8-9-25)14-17-18(21)12-23-13-19(17)22/h2,4-5,10,12-13H,3,6-9,11,14H2,1H3. The predicted molar refractivity (Wildman–Crippen MR) is 106 cm³/mol. The summed E-state index contributed by atoms with van der Waals surface area (Å²) in [7, 11) is 0. The molecular formula is C20H23Cl2N3O. The summed E-state index contributed by atoms with van der Waals surface area (Å²) < 4.78 is 0. The normalized spacial score (nSPS) is 15.7. The first-order chi connectivity index (χ1) is 12.5. The molecule has 0 unspecified atom stereocenters. The molecule has 0 N–H and O–H groups in total. The summed E-state index contributed by atoms with van der Waals surface area (Å²) in [6, 6.07) is 8.15. The van der Waals surface area contributed by atoms with E-state index >= 15 is 0 Å². The lowest BCUT2D eigenvalue weighted by molar-refractivity contribution is -0.130. The molecule has 6 heteroatoms. The SMILES string of the molecule is Cc1cccc(CC(=O)N2CCCN(Cc3c(Cl)cncc3Cl)CC2)c1. The Labute approximate surface area is 164 Å². The van der Waals surface area contributed by atoms with Crippen LogP contribution >= 0.6 is 23.2 Å². The van der Waals surface area contributed by atoms with E-state index in [0.29, 0.717) is 23.0 Å². The summed E-state index contributed by atoms with van der Waals surface area (Å²) in [6.07, 6.45) is 4.65. The highest BCUT2D eigenvalue weighted by Gasteiger charge is 2.20. The molecule has 0 bridgehead atoms. The van der Waals surface area contributed by atoms with Crippen LogP contribution < -0.4 is 0 Å². The Morgan fingerprint density at radius 1 is 1.12 bits per heavy atom. The average Bonchev–Trinajstić information content (AvgIpc) is 2.84. The van der Waals surface area contributed by atoms with Crippen molar-refractivity contribution >= 4 is 29.1 Å². The molecule has 3 rings (SSSR count). The molecule has 0 radical (unpaired) electrons. The van der Waals surface area contributed by atoms with Gasteiger partial charge in [-0.25, -0.2) is 0 Å². The van der Waals surface area contributed by atoms with Gasteiger partial charge in [0, 0.05) is 50.7 Å². The smallest absolute Gasteiger partial charge is 0.227 e. The molecule has 26 heavy (non-hydrogen) atoms. The van der Waals surface area contributed by atoms with E-state index < -0.39 is 0 Å². The molecule has 0 aliphatic carbocycles. The third kappa shape index (κ3) is 4.97. The number of pyridine rings is 1. The van der Waals surface area contributed by atoms with Gasteiger partial charge in [0.15, 0.2) is 0 Å². The van der Waals surface area contributed by atoms with E-state index in [9.17, 15) is 4.79 Å². The maximum Gasteiger partial charge on any atom is 0.227 e. The van der Waals surface area contributed by atoms with Crippen molar-refractivity contribution in [2.45, 2.75) is 26.3 Å². The predicted octanol–water partition coefficient (Wildman–Crippen LogP) is 3.97. The van der Waals surface area contributed by atoms with E-state index in [-0.39, 0.29) is 5.91 Å². The zero-order chi connectivity index (χ0) is 18.5. The summed E-state index contributed by atoms with van der Waals surface area (Å²) in [6.45, 7) is 5.98. The fourth-order valence-electron chi connectivity index (χ4n) is 3.30. The number of hydrogen-bond acceptors (Lipinski definition) is 3. The number of carbonyl (C=O) groups is 1. The summed E-state index contributed by atoms with van der Waals surface area (Å²) in [5.41, 5.74) is 3.16. The minimum Gasteiger partial charge on any atom is -0.341 e. The second kappa shape index (κ2) is 8.85. The number of aryl methyl sites for hydroxylation is 1. The molecule has 1 saturated heterocycles. The van der Waals surface area contributed by atoms with Crippen LogP contribution in [0.5, 0.6) is 0 Å². The number of halogens is 2. The van der Waals surface area contributed by atoms with Gasteiger partial charge in [-0.3, -0.25) is 14.7 Å². The van der Waals surface area contributed by atoms with Gasteiger partial charge in [-0.1, -0.05) is 53.0 Å². The Balaban J connectivity index is 1.58. The van der Waals surface area contributed by atoms with Gasteiger partial charge in [0.05, 0.1) is 16.5 Å². The van der Waals surface area contributed by atoms with E-state index in [4.69, 9.17) is 23.2 Å². The molecule has 1 aromatic carbocycles. The maximum absolute atomic E-state index is 12.7. The number of benzene rings is 1. The number of aromatic nitrogens is 1. The van der Waals surface area contributed by atoms with Crippen LogP contribution in [0.25, 0.3) is 0 Å².